The molecule has 84 valence electrons. The van der Waals surface area contributed by atoms with E-state index in [1.165, 1.54) is 31.0 Å². The smallest absolute Gasteiger partial charge is 0.200 e. The molecule has 0 aromatic heterocycles. The maximum absolute atomic E-state index is 12.1. The van der Waals surface area contributed by atoms with Crippen LogP contribution in [0.5, 0.6) is 0 Å². The third kappa shape index (κ3) is 1.75. The van der Waals surface area contributed by atoms with E-state index in [4.69, 9.17) is 0 Å². The summed E-state index contributed by atoms with van der Waals surface area (Å²) < 4.78 is -0.406. The predicted molar refractivity (Wildman–Crippen MR) is 61.7 cm³/mol. The van der Waals surface area contributed by atoms with Crippen molar-refractivity contribution in [3.05, 3.63) is 0 Å². The highest BCUT2D eigenvalue weighted by molar-refractivity contribution is 8.16. The first-order chi connectivity index (χ1) is 7.05. The Kier molecular flexibility index (Phi) is 2.93. The van der Waals surface area contributed by atoms with Crippen LogP contribution in [-0.4, -0.2) is 15.6 Å². The number of hydrogen-bond donors (Lipinski definition) is 0. The Bertz CT molecular complexity index is 294. The average molecular weight is 226 g/mol. The normalized spacial score (nSPS) is 38.7. The Morgan fingerprint density at radius 1 is 1.20 bits per heavy atom. The average Bonchev–Trinajstić information content (AvgIpc) is 2.45. The summed E-state index contributed by atoms with van der Waals surface area (Å²) >= 11 is 1.30. The number of carbonyl (C=O) groups is 2. The van der Waals surface area contributed by atoms with E-state index in [0.29, 0.717) is 5.92 Å². The Labute approximate surface area is 95.2 Å². The zero-order valence-electron chi connectivity index (χ0n) is 9.41. The van der Waals surface area contributed by atoms with Crippen molar-refractivity contribution >= 4 is 22.7 Å². The lowest BCUT2D eigenvalue weighted by atomic mass is 9.76. The van der Waals surface area contributed by atoms with Crippen molar-refractivity contribution < 1.29 is 9.59 Å². The van der Waals surface area contributed by atoms with Gasteiger partial charge in [0.25, 0.3) is 0 Å². The predicted octanol–water partition coefficient (Wildman–Crippen LogP) is 2.80. The molecule has 2 unspecified atom stereocenters. The van der Waals surface area contributed by atoms with E-state index in [0.717, 1.165) is 12.8 Å². The van der Waals surface area contributed by atoms with Crippen LogP contribution in [0.15, 0.2) is 0 Å². The van der Waals surface area contributed by atoms with Crippen LogP contribution in [0.1, 0.15) is 46.0 Å². The fraction of sp³-hybridized carbons (Fsp3) is 0.833. The number of thioether (sulfide) groups is 1. The molecule has 2 rings (SSSR count). The van der Waals surface area contributed by atoms with Gasteiger partial charge < -0.3 is 0 Å². The molecule has 1 heterocycles. The molecule has 0 aromatic carbocycles. The molecule has 0 aromatic rings. The second kappa shape index (κ2) is 3.93. The molecule has 2 atom stereocenters. The van der Waals surface area contributed by atoms with Gasteiger partial charge in [0.05, 0.1) is 10.7 Å². The van der Waals surface area contributed by atoms with Crippen molar-refractivity contribution in [2.45, 2.75) is 50.7 Å². The summed E-state index contributed by atoms with van der Waals surface area (Å²) in [4.78, 5) is 23.7. The number of Topliss-reactive ketones (excluding diaryl/α,β-unsaturated/α-hetero) is 1. The number of hydrogen-bond acceptors (Lipinski definition) is 3. The summed E-state index contributed by atoms with van der Waals surface area (Å²) in [5.74, 6) is 0.226. The van der Waals surface area contributed by atoms with Crippen molar-refractivity contribution in [2.24, 2.45) is 11.8 Å². The molecule has 0 radical (unpaired) electrons. The van der Waals surface area contributed by atoms with Gasteiger partial charge in [0.1, 0.15) is 0 Å². The first kappa shape index (κ1) is 11.2. The minimum Gasteiger partial charge on any atom is -0.297 e. The van der Waals surface area contributed by atoms with Crippen LogP contribution in [0.25, 0.3) is 0 Å². The van der Waals surface area contributed by atoms with Crippen molar-refractivity contribution in [3.8, 4) is 0 Å². The van der Waals surface area contributed by atoms with E-state index in [9.17, 15) is 9.59 Å². The van der Waals surface area contributed by atoms with E-state index in [2.05, 4.69) is 0 Å². The SMILES string of the molecule is CC1C(=O)SC(C)(C2CCCCC2)C1=O. The molecule has 0 N–H and O–H groups in total. The number of rotatable bonds is 1. The quantitative estimate of drug-likeness (QED) is 0.645. The van der Waals surface area contributed by atoms with E-state index in [-0.39, 0.29) is 16.8 Å². The highest BCUT2D eigenvalue weighted by Gasteiger charge is 2.52. The number of carbonyl (C=O) groups excluding carboxylic acids is 2. The lowest BCUT2D eigenvalue weighted by Gasteiger charge is -2.34. The van der Waals surface area contributed by atoms with Crippen LogP contribution in [0, 0.1) is 11.8 Å². The first-order valence-corrected chi connectivity index (χ1v) is 6.64. The molecule has 1 saturated carbocycles. The van der Waals surface area contributed by atoms with Crippen LogP contribution in [0.2, 0.25) is 0 Å². The molecule has 0 spiro atoms. The monoisotopic (exact) mass is 226 g/mol. The zero-order valence-corrected chi connectivity index (χ0v) is 10.2. The van der Waals surface area contributed by atoms with Gasteiger partial charge in [-0.15, -0.1) is 0 Å². The minimum atomic E-state index is -0.406. The second-order valence-corrected chi connectivity index (χ2v) is 6.40. The van der Waals surface area contributed by atoms with Gasteiger partial charge in [-0.05, 0) is 32.6 Å². The molecular weight excluding hydrogens is 208 g/mol. The molecule has 15 heavy (non-hydrogen) atoms. The van der Waals surface area contributed by atoms with Gasteiger partial charge in [0.15, 0.2) is 10.9 Å². The molecule has 3 heteroatoms. The molecule has 1 aliphatic carbocycles. The van der Waals surface area contributed by atoms with Crippen LogP contribution < -0.4 is 0 Å². The fourth-order valence-corrected chi connectivity index (χ4v) is 4.20. The molecular formula is C12H18O2S. The summed E-state index contributed by atoms with van der Waals surface area (Å²) in [5.41, 5.74) is 0. The third-order valence-corrected chi connectivity index (χ3v) is 5.45. The molecule has 1 aliphatic heterocycles. The van der Waals surface area contributed by atoms with Gasteiger partial charge in [-0.2, -0.15) is 0 Å². The standard InChI is InChI=1S/C12H18O2S/c1-8-10(13)12(2,15-11(8)14)9-6-4-3-5-7-9/h8-9H,3-7H2,1-2H3. The van der Waals surface area contributed by atoms with Crippen molar-refractivity contribution in [1.82, 2.24) is 0 Å². The van der Waals surface area contributed by atoms with Crippen molar-refractivity contribution in [2.75, 3.05) is 0 Å². The maximum atomic E-state index is 12.1. The van der Waals surface area contributed by atoms with Crippen molar-refractivity contribution in [1.29, 1.82) is 0 Å². The summed E-state index contributed by atoms with van der Waals surface area (Å²) in [5, 5.41) is 0.0769. The molecule has 2 nitrogen and oxygen atoms in total. The Morgan fingerprint density at radius 3 is 2.27 bits per heavy atom. The van der Waals surface area contributed by atoms with Crippen LogP contribution >= 0.6 is 11.8 Å². The Morgan fingerprint density at radius 2 is 1.80 bits per heavy atom. The summed E-state index contributed by atoms with van der Waals surface area (Å²) in [6.07, 6.45) is 5.97. The van der Waals surface area contributed by atoms with E-state index in [1.54, 1.807) is 6.92 Å². The fourth-order valence-electron chi connectivity index (χ4n) is 2.82. The molecule has 2 fully saturated rings. The highest BCUT2D eigenvalue weighted by Crippen LogP contribution is 2.48. The van der Waals surface area contributed by atoms with Gasteiger partial charge in [0, 0.05) is 0 Å². The van der Waals surface area contributed by atoms with Crippen molar-refractivity contribution in [3.63, 3.8) is 0 Å². The Balaban J connectivity index is 2.18. The lowest BCUT2D eigenvalue weighted by molar-refractivity contribution is -0.128. The van der Waals surface area contributed by atoms with E-state index >= 15 is 0 Å². The molecule has 2 aliphatic rings. The maximum Gasteiger partial charge on any atom is 0.200 e. The van der Waals surface area contributed by atoms with Gasteiger partial charge >= 0.3 is 0 Å². The van der Waals surface area contributed by atoms with Gasteiger partial charge in [-0.25, -0.2) is 0 Å². The molecule has 1 saturated heterocycles. The third-order valence-electron chi connectivity index (χ3n) is 3.93. The second-order valence-electron chi connectivity index (χ2n) is 4.95. The van der Waals surface area contributed by atoms with Gasteiger partial charge in [-0.1, -0.05) is 31.0 Å². The first-order valence-electron chi connectivity index (χ1n) is 5.83. The highest BCUT2D eigenvalue weighted by atomic mass is 32.2. The summed E-state index contributed by atoms with van der Waals surface area (Å²) in [6, 6.07) is 0. The lowest BCUT2D eigenvalue weighted by Crippen LogP contribution is -2.39. The van der Waals surface area contributed by atoms with Gasteiger partial charge in [-0.3, -0.25) is 9.59 Å². The largest absolute Gasteiger partial charge is 0.297 e. The van der Waals surface area contributed by atoms with E-state index in [1.807, 2.05) is 6.92 Å². The van der Waals surface area contributed by atoms with Crippen LogP contribution in [-0.2, 0) is 9.59 Å². The minimum absolute atomic E-state index is 0.0769. The molecule has 0 bridgehead atoms. The molecule has 0 amide bonds. The Hall–Kier alpha value is -0.310. The topological polar surface area (TPSA) is 34.1 Å². The van der Waals surface area contributed by atoms with Gasteiger partial charge in [0.2, 0.25) is 0 Å². The zero-order chi connectivity index (χ0) is 11.1. The van der Waals surface area contributed by atoms with Crippen LogP contribution in [0.3, 0.4) is 0 Å². The van der Waals surface area contributed by atoms with E-state index < -0.39 is 4.75 Å². The van der Waals surface area contributed by atoms with Crippen LogP contribution in [0.4, 0.5) is 0 Å². The summed E-state index contributed by atoms with van der Waals surface area (Å²) in [6.45, 7) is 3.74. The summed E-state index contributed by atoms with van der Waals surface area (Å²) in [7, 11) is 0. The number of ketones is 1.